The quantitative estimate of drug-likeness (QED) is 0.315. The van der Waals surface area contributed by atoms with Crippen LogP contribution in [0, 0.1) is 6.92 Å². The predicted octanol–water partition coefficient (Wildman–Crippen LogP) is 5.35. The zero-order chi connectivity index (χ0) is 22.4. The Bertz CT molecular complexity index is 1650. The maximum atomic E-state index is 13.4. The highest BCUT2D eigenvalue weighted by Crippen LogP contribution is 2.28. The van der Waals surface area contributed by atoms with E-state index in [1.54, 1.807) is 22.2 Å². The monoisotopic (exact) mass is 471 g/mol. The van der Waals surface area contributed by atoms with Crippen LogP contribution in [-0.4, -0.2) is 24.1 Å². The molecule has 0 saturated heterocycles. The number of thioether (sulfide) groups is 1. The van der Waals surface area contributed by atoms with Crippen LogP contribution in [0.25, 0.3) is 33.1 Å². The van der Waals surface area contributed by atoms with Crippen LogP contribution < -0.4 is 5.56 Å². The van der Waals surface area contributed by atoms with E-state index in [9.17, 15) is 4.79 Å². The molecule has 0 unspecified atom stereocenters. The number of benzene rings is 2. The molecular formula is C24H17N5O2S2. The lowest BCUT2D eigenvalue weighted by Crippen LogP contribution is -2.21. The molecule has 0 aliphatic carbocycles. The second-order valence-electron chi connectivity index (χ2n) is 7.52. The van der Waals surface area contributed by atoms with Gasteiger partial charge in [0.2, 0.25) is 11.7 Å². The molecule has 0 spiro atoms. The molecule has 7 nitrogen and oxygen atoms in total. The van der Waals surface area contributed by atoms with Crippen molar-refractivity contribution in [3.8, 4) is 16.5 Å². The molecule has 33 heavy (non-hydrogen) atoms. The minimum absolute atomic E-state index is 0.122. The van der Waals surface area contributed by atoms with Gasteiger partial charge < -0.3 is 4.42 Å². The first-order chi connectivity index (χ1) is 16.2. The zero-order valence-corrected chi connectivity index (χ0v) is 19.1. The van der Waals surface area contributed by atoms with Crippen molar-refractivity contribution in [1.82, 2.24) is 24.1 Å². The van der Waals surface area contributed by atoms with Gasteiger partial charge >= 0.3 is 0 Å². The first kappa shape index (κ1) is 20.0. The Morgan fingerprint density at radius 3 is 2.70 bits per heavy atom. The molecule has 9 heteroatoms. The van der Waals surface area contributed by atoms with Gasteiger partial charge in [-0.1, -0.05) is 47.7 Å². The molecule has 0 aliphatic heterocycles. The van der Waals surface area contributed by atoms with Gasteiger partial charge in [-0.2, -0.15) is 0 Å². The van der Waals surface area contributed by atoms with Gasteiger partial charge in [-0.25, -0.2) is 9.55 Å². The van der Waals surface area contributed by atoms with Crippen molar-refractivity contribution in [3.63, 3.8) is 0 Å². The van der Waals surface area contributed by atoms with Crippen molar-refractivity contribution in [2.75, 3.05) is 0 Å². The Morgan fingerprint density at radius 2 is 1.88 bits per heavy atom. The topological polar surface area (TPSA) is 78.2 Å². The Balaban J connectivity index is 1.45. The molecule has 0 bridgehead atoms. The lowest BCUT2D eigenvalue weighted by atomic mass is 10.2. The van der Waals surface area contributed by atoms with Gasteiger partial charge in [0.15, 0.2) is 5.16 Å². The first-order valence-electron chi connectivity index (χ1n) is 10.3. The standard InChI is InChI=1S/C24H17N5O2S2/c1-15-8-10-17(11-9-15)28-22(30)18-5-2-3-6-19(18)29-23(28)26-27-24(29)33-14-16-13-31-21(25-16)20-7-4-12-32-20/h2-13H,14H2,1H3. The van der Waals surface area contributed by atoms with E-state index in [2.05, 4.69) is 15.2 Å². The second-order valence-corrected chi connectivity index (χ2v) is 9.41. The Morgan fingerprint density at radius 1 is 1.03 bits per heavy atom. The molecule has 0 N–H and O–H groups in total. The molecule has 0 amide bonds. The highest BCUT2D eigenvalue weighted by molar-refractivity contribution is 7.98. The molecule has 6 rings (SSSR count). The lowest BCUT2D eigenvalue weighted by molar-refractivity contribution is 0.575. The summed E-state index contributed by atoms with van der Waals surface area (Å²) in [4.78, 5) is 19.0. The maximum Gasteiger partial charge on any atom is 0.267 e. The Hall–Kier alpha value is -3.69. The number of thiophene rings is 1. The molecule has 4 heterocycles. The molecule has 0 radical (unpaired) electrons. The molecular weight excluding hydrogens is 454 g/mol. The highest BCUT2D eigenvalue weighted by atomic mass is 32.2. The zero-order valence-electron chi connectivity index (χ0n) is 17.5. The Kier molecular flexibility index (Phi) is 4.85. The fourth-order valence-electron chi connectivity index (χ4n) is 3.72. The van der Waals surface area contributed by atoms with Gasteiger partial charge in [-0.3, -0.25) is 9.20 Å². The second kappa shape index (κ2) is 8.02. The predicted molar refractivity (Wildman–Crippen MR) is 130 cm³/mol. The van der Waals surface area contributed by atoms with Crippen LogP contribution in [0.2, 0.25) is 0 Å². The fourth-order valence-corrected chi connectivity index (χ4v) is 5.20. The van der Waals surface area contributed by atoms with Crippen molar-refractivity contribution in [1.29, 1.82) is 0 Å². The number of rotatable bonds is 5. The number of oxazole rings is 1. The van der Waals surface area contributed by atoms with Gasteiger partial charge in [0.25, 0.3) is 5.56 Å². The number of fused-ring (bicyclic) bond motifs is 3. The number of para-hydroxylation sites is 1. The van der Waals surface area contributed by atoms with Crippen LogP contribution in [0.4, 0.5) is 0 Å². The third-order valence-electron chi connectivity index (χ3n) is 5.32. The average Bonchev–Trinajstić information content (AvgIpc) is 3.60. The van der Waals surface area contributed by atoms with E-state index < -0.39 is 0 Å². The van der Waals surface area contributed by atoms with Crippen LogP contribution in [0.3, 0.4) is 0 Å². The fraction of sp³-hybridized carbons (Fsp3) is 0.0833. The largest absolute Gasteiger partial charge is 0.444 e. The summed E-state index contributed by atoms with van der Waals surface area (Å²) in [5.41, 5.74) is 3.34. The van der Waals surface area contributed by atoms with Crippen molar-refractivity contribution in [2.24, 2.45) is 0 Å². The van der Waals surface area contributed by atoms with Crippen LogP contribution in [0.1, 0.15) is 11.3 Å². The van der Waals surface area contributed by atoms with Crippen molar-refractivity contribution >= 4 is 39.8 Å². The summed E-state index contributed by atoms with van der Waals surface area (Å²) in [5.74, 6) is 1.66. The van der Waals surface area contributed by atoms with Gasteiger partial charge in [0.05, 0.1) is 27.2 Å². The summed E-state index contributed by atoms with van der Waals surface area (Å²) in [5, 5.41) is 12.1. The Labute approximate surface area is 196 Å². The molecule has 162 valence electrons. The van der Waals surface area contributed by atoms with E-state index in [1.165, 1.54) is 11.8 Å². The molecule has 2 aromatic carbocycles. The minimum Gasteiger partial charge on any atom is -0.444 e. The number of nitrogens with zero attached hydrogens (tertiary/aromatic N) is 5. The van der Waals surface area contributed by atoms with E-state index in [1.807, 2.05) is 77.4 Å². The maximum absolute atomic E-state index is 13.4. The number of aryl methyl sites for hydroxylation is 1. The number of hydrogen-bond acceptors (Lipinski definition) is 7. The van der Waals surface area contributed by atoms with Crippen LogP contribution in [0.15, 0.2) is 86.7 Å². The van der Waals surface area contributed by atoms with E-state index in [0.717, 1.165) is 27.3 Å². The number of hydrogen-bond donors (Lipinski definition) is 0. The molecule has 0 fully saturated rings. The summed E-state index contributed by atoms with van der Waals surface area (Å²) in [6.07, 6.45) is 1.67. The average molecular weight is 472 g/mol. The summed E-state index contributed by atoms with van der Waals surface area (Å²) >= 11 is 3.09. The van der Waals surface area contributed by atoms with Gasteiger partial charge in [0, 0.05) is 5.75 Å². The summed E-state index contributed by atoms with van der Waals surface area (Å²) in [6, 6.07) is 19.3. The molecule has 0 atom stereocenters. The van der Waals surface area contributed by atoms with Crippen molar-refractivity contribution < 1.29 is 4.42 Å². The number of aromatic nitrogens is 5. The van der Waals surface area contributed by atoms with Crippen LogP contribution in [0.5, 0.6) is 0 Å². The molecule has 0 aliphatic rings. The van der Waals surface area contributed by atoms with E-state index in [-0.39, 0.29) is 5.56 Å². The van der Waals surface area contributed by atoms with E-state index in [4.69, 9.17) is 4.42 Å². The molecule has 6 aromatic rings. The highest BCUT2D eigenvalue weighted by Gasteiger charge is 2.18. The first-order valence-corrected chi connectivity index (χ1v) is 12.1. The van der Waals surface area contributed by atoms with Crippen molar-refractivity contribution in [3.05, 3.63) is 93.9 Å². The molecule has 4 aromatic heterocycles. The lowest BCUT2D eigenvalue weighted by Gasteiger charge is -2.11. The molecule has 0 saturated carbocycles. The van der Waals surface area contributed by atoms with Crippen molar-refractivity contribution in [2.45, 2.75) is 17.8 Å². The van der Waals surface area contributed by atoms with Crippen LogP contribution >= 0.6 is 23.1 Å². The summed E-state index contributed by atoms with van der Waals surface area (Å²) in [6.45, 7) is 2.02. The smallest absolute Gasteiger partial charge is 0.267 e. The van der Waals surface area contributed by atoms with E-state index >= 15 is 0 Å². The summed E-state index contributed by atoms with van der Waals surface area (Å²) in [7, 11) is 0. The summed E-state index contributed by atoms with van der Waals surface area (Å²) < 4.78 is 9.18. The van der Waals surface area contributed by atoms with Gasteiger partial charge in [0.1, 0.15) is 6.26 Å². The normalized spacial score (nSPS) is 11.5. The SMILES string of the molecule is Cc1ccc(-n2c(=O)c3ccccc3n3c(SCc4coc(-c5cccs5)n4)nnc23)cc1. The van der Waals surface area contributed by atoms with Gasteiger partial charge in [-0.05, 0) is 42.6 Å². The van der Waals surface area contributed by atoms with Gasteiger partial charge in [-0.15, -0.1) is 21.5 Å². The van der Waals surface area contributed by atoms with E-state index in [0.29, 0.717) is 28.0 Å². The van der Waals surface area contributed by atoms with Crippen LogP contribution in [-0.2, 0) is 5.75 Å². The minimum atomic E-state index is -0.122. The third kappa shape index (κ3) is 3.46. The third-order valence-corrected chi connectivity index (χ3v) is 7.14.